The van der Waals surface area contributed by atoms with E-state index in [-0.39, 0.29) is 6.54 Å². The molecule has 20 heavy (non-hydrogen) atoms. The first-order chi connectivity index (χ1) is 9.49. The molecule has 0 atom stereocenters. The number of imidazole rings is 1. The van der Waals surface area contributed by atoms with Crippen molar-refractivity contribution in [3.63, 3.8) is 0 Å². The molecule has 1 aromatic rings. The standard InChI is InChI=1S/C12H23N5O2S/c1-16-9-7-14-12(16)10-15-20(18,19)17(2)8-3-6-13-11-4-5-11/h7,9,11,13,15H,3-6,8,10H2,1-2H3. The topological polar surface area (TPSA) is 79.3 Å². The Bertz CT molecular complexity index is 524. The summed E-state index contributed by atoms with van der Waals surface area (Å²) in [6.07, 6.45) is 6.75. The van der Waals surface area contributed by atoms with Crippen LogP contribution >= 0.6 is 0 Å². The lowest BCUT2D eigenvalue weighted by molar-refractivity contribution is 0.443. The summed E-state index contributed by atoms with van der Waals surface area (Å²) >= 11 is 0. The van der Waals surface area contributed by atoms with E-state index in [1.165, 1.54) is 17.1 Å². The van der Waals surface area contributed by atoms with Crippen LogP contribution in [0.25, 0.3) is 0 Å². The van der Waals surface area contributed by atoms with Crippen molar-refractivity contribution in [2.75, 3.05) is 20.1 Å². The molecule has 1 saturated carbocycles. The average molecular weight is 301 g/mol. The van der Waals surface area contributed by atoms with Gasteiger partial charge in [-0.25, -0.2) is 4.98 Å². The van der Waals surface area contributed by atoms with Crippen molar-refractivity contribution in [1.82, 2.24) is 23.9 Å². The van der Waals surface area contributed by atoms with E-state index < -0.39 is 10.2 Å². The molecule has 0 unspecified atom stereocenters. The predicted octanol–water partition coefficient (Wildman–Crippen LogP) is -0.172. The summed E-state index contributed by atoms with van der Waals surface area (Å²) in [5.74, 6) is 0.692. The summed E-state index contributed by atoms with van der Waals surface area (Å²) < 4.78 is 29.8. The van der Waals surface area contributed by atoms with E-state index in [0.717, 1.165) is 13.0 Å². The number of aromatic nitrogens is 2. The van der Waals surface area contributed by atoms with Crippen molar-refractivity contribution in [1.29, 1.82) is 0 Å². The van der Waals surface area contributed by atoms with Gasteiger partial charge in [0.25, 0.3) is 10.2 Å². The lowest BCUT2D eigenvalue weighted by Crippen LogP contribution is -2.39. The normalized spacial score (nSPS) is 15.9. The fourth-order valence-corrected chi connectivity index (χ4v) is 2.75. The van der Waals surface area contributed by atoms with Crippen LogP contribution in [0.2, 0.25) is 0 Å². The number of hydrogen-bond donors (Lipinski definition) is 2. The zero-order valence-corrected chi connectivity index (χ0v) is 12.9. The van der Waals surface area contributed by atoms with Crippen molar-refractivity contribution in [3.8, 4) is 0 Å². The van der Waals surface area contributed by atoms with Crippen LogP contribution in [0.1, 0.15) is 25.1 Å². The van der Waals surface area contributed by atoms with Gasteiger partial charge in [-0.15, -0.1) is 0 Å². The van der Waals surface area contributed by atoms with Crippen molar-refractivity contribution < 1.29 is 8.42 Å². The second-order valence-corrected chi connectivity index (χ2v) is 7.05. The maximum absolute atomic E-state index is 12.0. The smallest absolute Gasteiger partial charge is 0.279 e. The Morgan fingerprint density at radius 2 is 2.25 bits per heavy atom. The molecule has 8 heteroatoms. The van der Waals surface area contributed by atoms with Gasteiger partial charge in [0.2, 0.25) is 0 Å². The van der Waals surface area contributed by atoms with Gasteiger partial charge in [-0.05, 0) is 25.8 Å². The molecular formula is C12H23N5O2S. The van der Waals surface area contributed by atoms with Crippen LogP contribution in [0.4, 0.5) is 0 Å². The minimum absolute atomic E-state index is 0.205. The van der Waals surface area contributed by atoms with Gasteiger partial charge in [0.15, 0.2) is 0 Å². The van der Waals surface area contributed by atoms with Gasteiger partial charge in [-0.2, -0.15) is 17.4 Å². The van der Waals surface area contributed by atoms with Gasteiger partial charge in [-0.1, -0.05) is 0 Å². The molecule has 1 aliphatic rings. The maximum Gasteiger partial charge on any atom is 0.279 e. The third kappa shape index (κ3) is 4.55. The van der Waals surface area contributed by atoms with Gasteiger partial charge >= 0.3 is 0 Å². The SMILES string of the molecule is CN(CCCNC1CC1)S(=O)(=O)NCc1nccn1C. The Balaban J connectivity index is 1.71. The van der Waals surface area contributed by atoms with Crippen molar-refractivity contribution in [2.45, 2.75) is 31.8 Å². The fraction of sp³-hybridized carbons (Fsp3) is 0.750. The summed E-state index contributed by atoms with van der Waals surface area (Å²) in [6.45, 7) is 1.58. The summed E-state index contributed by atoms with van der Waals surface area (Å²) in [5, 5.41) is 3.37. The van der Waals surface area contributed by atoms with Crippen LogP contribution in [0.3, 0.4) is 0 Å². The number of aryl methyl sites for hydroxylation is 1. The molecule has 0 radical (unpaired) electrons. The lowest BCUT2D eigenvalue weighted by Gasteiger charge is -2.17. The Hall–Kier alpha value is -0.960. The Morgan fingerprint density at radius 3 is 2.85 bits per heavy atom. The highest BCUT2D eigenvalue weighted by molar-refractivity contribution is 7.87. The minimum Gasteiger partial charge on any atom is -0.337 e. The Morgan fingerprint density at radius 1 is 1.50 bits per heavy atom. The molecule has 2 rings (SSSR count). The first kappa shape index (κ1) is 15.4. The van der Waals surface area contributed by atoms with Crippen LogP contribution in [0, 0.1) is 0 Å². The van der Waals surface area contributed by atoms with E-state index in [0.29, 0.717) is 18.4 Å². The molecule has 1 aromatic heterocycles. The van der Waals surface area contributed by atoms with Crippen LogP contribution in [0.5, 0.6) is 0 Å². The van der Waals surface area contributed by atoms with Crippen LogP contribution in [0.15, 0.2) is 12.4 Å². The van der Waals surface area contributed by atoms with E-state index in [9.17, 15) is 8.42 Å². The summed E-state index contributed by atoms with van der Waals surface area (Å²) in [7, 11) is -0.00368. The minimum atomic E-state index is -3.44. The Kier molecular flexibility index (Phi) is 5.14. The summed E-state index contributed by atoms with van der Waals surface area (Å²) in [6, 6.07) is 0.665. The van der Waals surface area contributed by atoms with Gasteiger partial charge < -0.3 is 9.88 Å². The molecule has 114 valence electrons. The van der Waals surface area contributed by atoms with Crippen LogP contribution < -0.4 is 10.0 Å². The van der Waals surface area contributed by atoms with E-state index in [2.05, 4.69) is 15.0 Å². The monoisotopic (exact) mass is 301 g/mol. The highest BCUT2D eigenvalue weighted by Crippen LogP contribution is 2.18. The zero-order valence-electron chi connectivity index (χ0n) is 12.0. The second-order valence-electron chi connectivity index (χ2n) is 5.18. The molecule has 0 aliphatic heterocycles. The number of nitrogens with zero attached hydrogens (tertiary/aromatic N) is 3. The van der Waals surface area contributed by atoms with Crippen molar-refractivity contribution >= 4 is 10.2 Å². The Labute approximate surface area is 120 Å². The maximum atomic E-state index is 12.0. The van der Waals surface area contributed by atoms with Gasteiger partial charge in [0.1, 0.15) is 5.82 Å². The fourth-order valence-electron chi connectivity index (χ4n) is 1.85. The summed E-state index contributed by atoms with van der Waals surface area (Å²) in [5.41, 5.74) is 0. The molecule has 0 amide bonds. The molecular weight excluding hydrogens is 278 g/mol. The molecule has 1 fully saturated rings. The lowest BCUT2D eigenvalue weighted by atomic mass is 10.4. The van der Waals surface area contributed by atoms with Crippen molar-refractivity contribution in [3.05, 3.63) is 18.2 Å². The van der Waals surface area contributed by atoms with Crippen LogP contribution in [-0.2, 0) is 23.8 Å². The van der Waals surface area contributed by atoms with E-state index in [1.807, 2.05) is 7.05 Å². The van der Waals surface area contributed by atoms with Gasteiger partial charge in [0.05, 0.1) is 6.54 Å². The highest BCUT2D eigenvalue weighted by Gasteiger charge is 2.21. The zero-order chi connectivity index (χ0) is 14.6. The van der Waals surface area contributed by atoms with Crippen molar-refractivity contribution in [2.24, 2.45) is 7.05 Å². The highest BCUT2D eigenvalue weighted by atomic mass is 32.2. The van der Waals surface area contributed by atoms with Gasteiger partial charge in [-0.3, -0.25) is 0 Å². The van der Waals surface area contributed by atoms with E-state index in [1.54, 1.807) is 24.0 Å². The molecule has 7 nitrogen and oxygen atoms in total. The van der Waals surface area contributed by atoms with E-state index >= 15 is 0 Å². The summed E-state index contributed by atoms with van der Waals surface area (Å²) in [4.78, 5) is 4.09. The third-order valence-corrected chi connectivity index (χ3v) is 4.92. The second kappa shape index (κ2) is 6.66. The molecule has 2 N–H and O–H groups in total. The average Bonchev–Trinajstić information content (AvgIpc) is 3.14. The number of hydrogen-bond acceptors (Lipinski definition) is 4. The molecule has 0 aromatic carbocycles. The number of nitrogens with one attached hydrogen (secondary N) is 2. The van der Waals surface area contributed by atoms with Crippen LogP contribution in [-0.4, -0.2) is 48.5 Å². The van der Waals surface area contributed by atoms with Gasteiger partial charge in [0, 0.05) is 39.1 Å². The predicted molar refractivity (Wildman–Crippen MR) is 77.2 cm³/mol. The molecule has 1 heterocycles. The largest absolute Gasteiger partial charge is 0.337 e. The first-order valence-electron chi connectivity index (χ1n) is 6.89. The number of rotatable bonds is 9. The quantitative estimate of drug-likeness (QED) is 0.621. The molecule has 0 saturated heterocycles. The van der Waals surface area contributed by atoms with E-state index in [4.69, 9.17) is 0 Å². The third-order valence-electron chi connectivity index (χ3n) is 3.40. The molecule has 1 aliphatic carbocycles. The molecule has 0 spiro atoms. The first-order valence-corrected chi connectivity index (χ1v) is 8.33. The molecule has 0 bridgehead atoms.